The van der Waals surface area contributed by atoms with Crippen LogP contribution in [0.2, 0.25) is 5.02 Å². The molecule has 17 heavy (non-hydrogen) atoms. The molecule has 4 heteroatoms. The average Bonchev–Trinajstić information content (AvgIpc) is 2.82. The molecule has 1 amide bonds. The predicted octanol–water partition coefficient (Wildman–Crippen LogP) is 3.89. The van der Waals surface area contributed by atoms with Crippen molar-refractivity contribution in [3.8, 4) is 0 Å². The summed E-state index contributed by atoms with van der Waals surface area (Å²) in [6.45, 7) is 1.97. The molecule has 0 aliphatic heterocycles. The van der Waals surface area contributed by atoms with Crippen LogP contribution in [-0.2, 0) is 0 Å². The van der Waals surface area contributed by atoms with Crippen LogP contribution in [0.15, 0.2) is 41.8 Å². The largest absolute Gasteiger partial charge is 0.345 e. The Morgan fingerprint density at radius 2 is 2.18 bits per heavy atom. The number of hydrogen-bond acceptors (Lipinski definition) is 2. The van der Waals surface area contributed by atoms with Crippen LogP contribution in [0.5, 0.6) is 0 Å². The first-order chi connectivity index (χ1) is 8.16. The number of thiophene rings is 1. The Morgan fingerprint density at radius 1 is 1.35 bits per heavy atom. The Labute approximate surface area is 109 Å². The van der Waals surface area contributed by atoms with Gasteiger partial charge in [-0.05, 0) is 36.6 Å². The van der Waals surface area contributed by atoms with Crippen molar-refractivity contribution in [1.82, 2.24) is 5.32 Å². The van der Waals surface area contributed by atoms with Crippen molar-refractivity contribution in [3.63, 3.8) is 0 Å². The maximum Gasteiger partial charge on any atom is 0.251 e. The van der Waals surface area contributed by atoms with Crippen molar-refractivity contribution < 1.29 is 4.79 Å². The second-order valence-corrected chi connectivity index (χ2v) is 5.14. The van der Waals surface area contributed by atoms with E-state index in [1.165, 1.54) is 0 Å². The molecular weight excluding hydrogens is 254 g/mol. The first kappa shape index (κ1) is 12.1. The summed E-state index contributed by atoms with van der Waals surface area (Å²) in [5.41, 5.74) is 0.584. The van der Waals surface area contributed by atoms with Crippen LogP contribution in [0.3, 0.4) is 0 Å². The highest BCUT2D eigenvalue weighted by Gasteiger charge is 2.11. The summed E-state index contributed by atoms with van der Waals surface area (Å²) >= 11 is 7.48. The van der Waals surface area contributed by atoms with Gasteiger partial charge in [-0.15, -0.1) is 11.3 Å². The number of rotatable bonds is 3. The molecule has 1 aromatic carbocycles. The van der Waals surface area contributed by atoms with E-state index in [1.54, 1.807) is 35.6 Å². The Hall–Kier alpha value is -1.32. The van der Waals surface area contributed by atoms with E-state index < -0.39 is 0 Å². The Balaban J connectivity index is 2.07. The molecule has 0 unspecified atom stereocenters. The zero-order valence-electron chi connectivity index (χ0n) is 9.31. The summed E-state index contributed by atoms with van der Waals surface area (Å²) in [5, 5.41) is 5.51. The Bertz CT molecular complexity index is 510. The summed E-state index contributed by atoms with van der Waals surface area (Å²) in [6.07, 6.45) is 0. The first-order valence-corrected chi connectivity index (χ1v) is 6.52. The van der Waals surface area contributed by atoms with Gasteiger partial charge in [-0.25, -0.2) is 0 Å². The summed E-state index contributed by atoms with van der Waals surface area (Å²) in [6, 6.07) is 10.9. The molecule has 0 bridgehead atoms. The summed E-state index contributed by atoms with van der Waals surface area (Å²) < 4.78 is 0. The van der Waals surface area contributed by atoms with E-state index >= 15 is 0 Å². The lowest BCUT2D eigenvalue weighted by molar-refractivity contribution is 0.0940. The number of halogens is 1. The first-order valence-electron chi connectivity index (χ1n) is 5.26. The molecule has 1 heterocycles. The van der Waals surface area contributed by atoms with Crippen LogP contribution in [0, 0.1) is 0 Å². The van der Waals surface area contributed by atoms with Gasteiger partial charge in [0.15, 0.2) is 0 Å². The number of nitrogens with one attached hydrogen (secondary N) is 1. The molecule has 0 saturated heterocycles. The fourth-order valence-electron chi connectivity index (χ4n) is 1.52. The molecule has 2 rings (SSSR count). The van der Waals surface area contributed by atoms with E-state index in [1.807, 2.05) is 24.4 Å². The molecule has 88 valence electrons. The SMILES string of the molecule is C[C@@H](NC(=O)c1cccc(Cl)c1)c1cccs1. The van der Waals surface area contributed by atoms with E-state index in [2.05, 4.69) is 5.32 Å². The van der Waals surface area contributed by atoms with E-state index in [0.717, 1.165) is 4.88 Å². The molecule has 1 N–H and O–H groups in total. The number of benzene rings is 1. The van der Waals surface area contributed by atoms with Crippen LogP contribution in [-0.4, -0.2) is 5.91 Å². The minimum Gasteiger partial charge on any atom is -0.345 e. The van der Waals surface area contributed by atoms with Gasteiger partial charge >= 0.3 is 0 Å². The monoisotopic (exact) mass is 265 g/mol. The fraction of sp³-hybridized carbons (Fsp3) is 0.154. The van der Waals surface area contributed by atoms with E-state index in [4.69, 9.17) is 11.6 Å². The van der Waals surface area contributed by atoms with Crippen LogP contribution in [0.1, 0.15) is 28.2 Å². The predicted molar refractivity (Wildman–Crippen MR) is 71.7 cm³/mol. The van der Waals surface area contributed by atoms with Crippen LogP contribution < -0.4 is 5.32 Å². The van der Waals surface area contributed by atoms with Gasteiger partial charge in [-0.2, -0.15) is 0 Å². The molecule has 1 atom stereocenters. The van der Waals surface area contributed by atoms with Gasteiger partial charge in [0.2, 0.25) is 0 Å². The minimum absolute atomic E-state index is 0.0153. The molecular formula is C13H12ClNOS. The molecule has 0 aliphatic carbocycles. The van der Waals surface area contributed by atoms with E-state index in [-0.39, 0.29) is 11.9 Å². The maximum absolute atomic E-state index is 11.9. The molecule has 0 aliphatic rings. The Morgan fingerprint density at radius 3 is 2.82 bits per heavy atom. The molecule has 2 aromatic rings. The lowest BCUT2D eigenvalue weighted by Gasteiger charge is -2.12. The zero-order chi connectivity index (χ0) is 12.3. The summed E-state index contributed by atoms with van der Waals surface area (Å²) in [5.74, 6) is -0.103. The summed E-state index contributed by atoms with van der Waals surface area (Å²) in [7, 11) is 0. The molecule has 0 radical (unpaired) electrons. The molecule has 1 aromatic heterocycles. The minimum atomic E-state index is -0.103. The Kier molecular flexibility index (Phi) is 3.82. The highest BCUT2D eigenvalue weighted by molar-refractivity contribution is 7.10. The van der Waals surface area contributed by atoms with Gasteiger partial charge in [-0.3, -0.25) is 4.79 Å². The summed E-state index contributed by atoms with van der Waals surface area (Å²) in [4.78, 5) is 13.1. The van der Waals surface area contributed by atoms with Crippen molar-refractivity contribution in [1.29, 1.82) is 0 Å². The van der Waals surface area contributed by atoms with Crippen molar-refractivity contribution >= 4 is 28.8 Å². The fourth-order valence-corrected chi connectivity index (χ4v) is 2.44. The number of carbonyl (C=O) groups is 1. The van der Waals surface area contributed by atoms with Crippen molar-refractivity contribution in [3.05, 3.63) is 57.2 Å². The number of hydrogen-bond donors (Lipinski definition) is 1. The molecule has 2 nitrogen and oxygen atoms in total. The van der Waals surface area contributed by atoms with Crippen molar-refractivity contribution in [2.24, 2.45) is 0 Å². The second kappa shape index (κ2) is 5.34. The third-order valence-electron chi connectivity index (χ3n) is 2.40. The van der Waals surface area contributed by atoms with E-state index in [0.29, 0.717) is 10.6 Å². The number of amides is 1. The van der Waals surface area contributed by atoms with Gasteiger partial charge in [-0.1, -0.05) is 23.7 Å². The van der Waals surface area contributed by atoms with Crippen molar-refractivity contribution in [2.45, 2.75) is 13.0 Å². The zero-order valence-corrected chi connectivity index (χ0v) is 10.9. The lowest BCUT2D eigenvalue weighted by atomic mass is 10.2. The maximum atomic E-state index is 11.9. The topological polar surface area (TPSA) is 29.1 Å². The molecule has 0 saturated carbocycles. The van der Waals surface area contributed by atoms with Gasteiger partial charge in [0, 0.05) is 15.5 Å². The van der Waals surface area contributed by atoms with E-state index in [9.17, 15) is 4.79 Å². The normalized spacial score (nSPS) is 12.1. The van der Waals surface area contributed by atoms with Crippen LogP contribution in [0.4, 0.5) is 0 Å². The van der Waals surface area contributed by atoms with Crippen LogP contribution >= 0.6 is 22.9 Å². The lowest BCUT2D eigenvalue weighted by Crippen LogP contribution is -2.26. The van der Waals surface area contributed by atoms with Crippen molar-refractivity contribution in [2.75, 3.05) is 0 Å². The standard InChI is InChI=1S/C13H12ClNOS/c1-9(12-6-3-7-17-12)15-13(16)10-4-2-5-11(14)8-10/h2-9H,1H3,(H,15,16)/t9-/m1/s1. The average molecular weight is 266 g/mol. The van der Waals surface area contributed by atoms with Gasteiger partial charge < -0.3 is 5.32 Å². The smallest absolute Gasteiger partial charge is 0.251 e. The molecule has 0 fully saturated rings. The van der Waals surface area contributed by atoms with Gasteiger partial charge in [0.25, 0.3) is 5.91 Å². The highest BCUT2D eigenvalue weighted by atomic mass is 35.5. The third kappa shape index (κ3) is 3.08. The highest BCUT2D eigenvalue weighted by Crippen LogP contribution is 2.19. The molecule has 0 spiro atoms. The van der Waals surface area contributed by atoms with Gasteiger partial charge in [0.1, 0.15) is 0 Å². The van der Waals surface area contributed by atoms with Gasteiger partial charge in [0.05, 0.1) is 6.04 Å². The number of carbonyl (C=O) groups excluding carboxylic acids is 1. The third-order valence-corrected chi connectivity index (χ3v) is 3.69. The van der Waals surface area contributed by atoms with Crippen LogP contribution in [0.25, 0.3) is 0 Å². The quantitative estimate of drug-likeness (QED) is 0.896. The second-order valence-electron chi connectivity index (χ2n) is 3.72.